The van der Waals surface area contributed by atoms with E-state index in [2.05, 4.69) is 48.4 Å². The van der Waals surface area contributed by atoms with E-state index in [1.165, 1.54) is 23.2 Å². The van der Waals surface area contributed by atoms with Gasteiger partial charge in [0.05, 0.1) is 0 Å². The van der Waals surface area contributed by atoms with E-state index < -0.39 is 0 Å². The molecule has 0 bridgehead atoms. The molecule has 104 valence electrons. The van der Waals surface area contributed by atoms with E-state index in [1.807, 2.05) is 7.05 Å². The summed E-state index contributed by atoms with van der Waals surface area (Å²) in [6.07, 6.45) is 3.36. The molecule has 0 spiro atoms. The number of aryl methyl sites for hydroxylation is 1. The first-order valence-electron chi connectivity index (χ1n) is 7.37. The van der Waals surface area contributed by atoms with E-state index in [-0.39, 0.29) is 0 Å². The van der Waals surface area contributed by atoms with Crippen molar-refractivity contribution >= 4 is 5.82 Å². The van der Waals surface area contributed by atoms with Crippen molar-refractivity contribution in [3.63, 3.8) is 0 Å². The van der Waals surface area contributed by atoms with Gasteiger partial charge in [-0.15, -0.1) is 0 Å². The van der Waals surface area contributed by atoms with Crippen molar-refractivity contribution in [2.45, 2.75) is 39.0 Å². The monoisotopic (exact) mass is 267 g/mol. The molecule has 2 aromatic rings. The first-order valence-corrected chi connectivity index (χ1v) is 7.37. The van der Waals surface area contributed by atoms with E-state index in [9.17, 15) is 0 Å². The molecule has 3 rings (SSSR count). The van der Waals surface area contributed by atoms with Crippen molar-refractivity contribution in [3.8, 4) is 11.4 Å². The first-order chi connectivity index (χ1) is 9.69. The zero-order chi connectivity index (χ0) is 14.1. The Morgan fingerprint density at radius 3 is 2.45 bits per heavy atom. The highest BCUT2D eigenvalue weighted by Crippen LogP contribution is 2.29. The molecule has 0 amide bonds. The summed E-state index contributed by atoms with van der Waals surface area (Å²) < 4.78 is 0. The van der Waals surface area contributed by atoms with Crippen LogP contribution in [0.2, 0.25) is 0 Å². The van der Waals surface area contributed by atoms with E-state index in [1.54, 1.807) is 0 Å². The van der Waals surface area contributed by atoms with E-state index >= 15 is 0 Å². The largest absolute Gasteiger partial charge is 0.373 e. The fourth-order valence-electron chi connectivity index (χ4n) is 2.79. The third-order valence-electron chi connectivity index (χ3n) is 4.01. The molecule has 20 heavy (non-hydrogen) atoms. The summed E-state index contributed by atoms with van der Waals surface area (Å²) in [6, 6.07) is 8.61. The quantitative estimate of drug-likeness (QED) is 0.919. The molecule has 0 saturated heterocycles. The predicted molar refractivity (Wildman–Crippen MR) is 83.1 cm³/mol. The van der Waals surface area contributed by atoms with Gasteiger partial charge < -0.3 is 5.32 Å². The number of hydrogen-bond acceptors (Lipinski definition) is 3. The highest BCUT2D eigenvalue weighted by Gasteiger charge is 2.19. The van der Waals surface area contributed by atoms with E-state index in [0.29, 0.717) is 5.92 Å². The molecule has 1 N–H and O–H groups in total. The summed E-state index contributed by atoms with van der Waals surface area (Å²) in [5, 5.41) is 3.22. The number of aromatic nitrogens is 2. The Hall–Kier alpha value is -1.90. The molecule has 3 nitrogen and oxygen atoms in total. The molecule has 3 heteroatoms. The summed E-state index contributed by atoms with van der Waals surface area (Å²) in [7, 11) is 1.94. The maximum Gasteiger partial charge on any atom is 0.161 e. The summed E-state index contributed by atoms with van der Waals surface area (Å²) >= 11 is 0. The average Bonchev–Trinajstić information content (AvgIpc) is 2.94. The SMILES string of the molecule is CNc1nc(-c2ccc(C(C)C)cc2)nc2c1CCC2. The summed E-state index contributed by atoms with van der Waals surface area (Å²) in [6.45, 7) is 4.42. The van der Waals surface area contributed by atoms with Gasteiger partial charge in [-0.25, -0.2) is 9.97 Å². The Kier molecular flexibility index (Phi) is 3.43. The molecule has 0 radical (unpaired) electrons. The van der Waals surface area contributed by atoms with Crippen LogP contribution in [0.3, 0.4) is 0 Å². The zero-order valence-corrected chi connectivity index (χ0v) is 12.4. The number of rotatable bonds is 3. The lowest BCUT2D eigenvalue weighted by atomic mass is 10.0. The van der Waals surface area contributed by atoms with Crippen LogP contribution >= 0.6 is 0 Å². The number of nitrogens with one attached hydrogen (secondary N) is 1. The second-order valence-corrected chi connectivity index (χ2v) is 5.70. The maximum absolute atomic E-state index is 4.76. The lowest BCUT2D eigenvalue weighted by molar-refractivity contribution is 0.866. The smallest absolute Gasteiger partial charge is 0.161 e. The van der Waals surface area contributed by atoms with Gasteiger partial charge in [-0.2, -0.15) is 0 Å². The van der Waals surface area contributed by atoms with E-state index in [0.717, 1.165) is 30.0 Å². The maximum atomic E-state index is 4.76. The number of benzene rings is 1. The van der Waals surface area contributed by atoms with Crippen LogP contribution in [-0.2, 0) is 12.8 Å². The predicted octanol–water partition coefficient (Wildman–Crippen LogP) is 3.80. The van der Waals surface area contributed by atoms with Gasteiger partial charge in [-0.05, 0) is 30.7 Å². The minimum absolute atomic E-state index is 0.554. The van der Waals surface area contributed by atoms with Crippen molar-refractivity contribution in [1.29, 1.82) is 0 Å². The van der Waals surface area contributed by atoms with Crippen molar-refractivity contribution in [1.82, 2.24) is 9.97 Å². The van der Waals surface area contributed by atoms with Crippen LogP contribution in [0, 0.1) is 0 Å². The van der Waals surface area contributed by atoms with Gasteiger partial charge in [0.25, 0.3) is 0 Å². The van der Waals surface area contributed by atoms with Crippen LogP contribution in [0.4, 0.5) is 5.82 Å². The van der Waals surface area contributed by atoms with Gasteiger partial charge in [0, 0.05) is 23.9 Å². The fourth-order valence-corrected chi connectivity index (χ4v) is 2.79. The Bertz CT molecular complexity index is 615. The highest BCUT2D eigenvalue weighted by atomic mass is 15.0. The van der Waals surface area contributed by atoms with Crippen LogP contribution in [0.5, 0.6) is 0 Å². The van der Waals surface area contributed by atoms with Crippen LogP contribution in [0.25, 0.3) is 11.4 Å². The molecular weight excluding hydrogens is 246 g/mol. The van der Waals surface area contributed by atoms with Crippen LogP contribution < -0.4 is 5.32 Å². The lowest BCUT2D eigenvalue weighted by Gasteiger charge is -2.10. The standard InChI is InChI=1S/C17H21N3/c1-11(2)12-7-9-13(10-8-12)16-19-15-6-4-5-14(15)17(18-3)20-16/h7-11H,4-6H2,1-3H3,(H,18,19,20). The Morgan fingerprint density at radius 1 is 1.05 bits per heavy atom. The summed E-state index contributed by atoms with van der Waals surface area (Å²) in [5.74, 6) is 2.39. The lowest BCUT2D eigenvalue weighted by Crippen LogP contribution is -2.03. The molecule has 0 aliphatic heterocycles. The topological polar surface area (TPSA) is 37.8 Å². The van der Waals surface area contributed by atoms with Gasteiger partial charge >= 0.3 is 0 Å². The van der Waals surface area contributed by atoms with Gasteiger partial charge in [0.1, 0.15) is 5.82 Å². The van der Waals surface area contributed by atoms with Crippen molar-refractivity contribution in [2.75, 3.05) is 12.4 Å². The molecule has 1 aliphatic carbocycles. The summed E-state index contributed by atoms with van der Waals surface area (Å²) in [4.78, 5) is 9.44. The molecule has 1 heterocycles. The molecule has 1 aliphatic rings. The molecule has 0 fully saturated rings. The molecule has 0 unspecified atom stereocenters. The molecule has 1 aromatic carbocycles. The van der Waals surface area contributed by atoms with Crippen molar-refractivity contribution in [2.24, 2.45) is 0 Å². The molecule has 0 atom stereocenters. The minimum Gasteiger partial charge on any atom is -0.373 e. The first kappa shape index (κ1) is 13.1. The minimum atomic E-state index is 0.554. The van der Waals surface area contributed by atoms with Gasteiger partial charge in [0.2, 0.25) is 0 Å². The second-order valence-electron chi connectivity index (χ2n) is 5.70. The van der Waals surface area contributed by atoms with Crippen LogP contribution in [0.1, 0.15) is 43.0 Å². The third kappa shape index (κ3) is 2.28. The zero-order valence-electron chi connectivity index (χ0n) is 12.4. The Morgan fingerprint density at radius 2 is 1.80 bits per heavy atom. The van der Waals surface area contributed by atoms with Gasteiger partial charge in [-0.3, -0.25) is 0 Å². The Balaban J connectivity index is 2.02. The number of fused-ring (bicyclic) bond motifs is 1. The highest BCUT2D eigenvalue weighted by molar-refractivity contribution is 5.61. The fraction of sp³-hybridized carbons (Fsp3) is 0.412. The summed E-state index contributed by atoms with van der Waals surface area (Å²) in [5.41, 5.74) is 4.96. The van der Waals surface area contributed by atoms with Crippen molar-refractivity contribution < 1.29 is 0 Å². The Labute approximate surface area is 120 Å². The number of hydrogen-bond donors (Lipinski definition) is 1. The number of anilines is 1. The van der Waals surface area contributed by atoms with Gasteiger partial charge in [0.15, 0.2) is 5.82 Å². The van der Waals surface area contributed by atoms with Gasteiger partial charge in [-0.1, -0.05) is 38.1 Å². The second kappa shape index (κ2) is 5.23. The van der Waals surface area contributed by atoms with Crippen LogP contribution in [0.15, 0.2) is 24.3 Å². The molecule has 1 aromatic heterocycles. The van der Waals surface area contributed by atoms with Crippen LogP contribution in [-0.4, -0.2) is 17.0 Å². The third-order valence-corrected chi connectivity index (χ3v) is 4.01. The average molecular weight is 267 g/mol. The van der Waals surface area contributed by atoms with E-state index in [4.69, 9.17) is 4.98 Å². The molecular formula is C17H21N3. The molecule has 0 saturated carbocycles. The van der Waals surface area contributed by atoms with Crippen molar-refractivity contribution in [3.05, 3.63) is 41.1 Å². The normalized spacial score (nSPS) is 13.6. The number of nitrogens with zero attached hydrogens (tertiary/aromatic N) is 2.